The number of hydrogen-bond acceptors (Lipinski definition) is 3. The van der Waals surface area contributed by atoms with Crippen LogP contribution in [0.4, 0.5) is 0 Å². The maximum Gasteiger partial charge on any atom is 0.336 e. The highest BCUT2D eigenvalue weighted by Gasteiger charge is 2.15. The summed E-state index contributed by atoms with van der Waals surface area (Å²) in [6.45, 7) is 0. The predicted molar refractivity (Wildman–Crippen MR) is 66.4 cm³/mol. The number of benzene rings is 1. The van der Waals surface area contributed by atoms with Crippen LogP contribution in [0.3, 0.4) is 0 Å². The third-order valence-electron chi connectivity index (χ3n) is 2.57. The highest BCUT2D eigenvalue weighted by Crippen LogP contribution is 2.23. The van der Waals surface area contributed by atoms with Gasteiger partial charge in [0, 0.05) is 11.8 Å². The Kier molecular flexibility index (Phi) is 3.56. The Morgan fingerprint density at radius 3 is 2.59 bits per heavy atom. The molecule has 1 aromatic carbocycles. The van der Waals surface area contributed by atoms with Crippen LogP contribution in [0, 0.1) is 0 Å². The van der Waals surface area contributed by atoms with Crippen molar-refractivity contribution >= 4 is 17.3 Å². The first kappa shape index (κ1) is 11.8. The van der Waals surface area contributed by atoms with Gasteiger partial charge in [0.05, 0.1) is 11.7 Å². The van der Waals surface area contributed by atoms with E-state index in [1.807, 2.05) is 30.3 Å². The fourth-order valence-corrected chi connectivity index (χ4v) is 2.51. The average molecular weight is 248 g/mol. The van der Waals surface area contributed by atoms with Gasteiger partial charge in [-0.25, -0.2) is 4.79 Å². The maximum absolute atomic E-state index is 10.9. The molecule has 0 aliphatic heterocycles. The van der Waals surface area contributed by atoms with Gasteiger partial charge in [-0.2, -0.15) is 11.3 Å². The Morgan fingerprint density at radius 1 is 1.24 bits per heavy atom. The molecule has 17 heavy (non-hydrogen) atoms. The molecule has 0 bridgehead atoms. The Hall–Kier alpha value is -1.65. The lowest BCUT2D eigenvalue weighted by Gasteiger charge is -2.10. The molecule has 0 fully saturated rings. The summed E-state index contributed by atoms with van der Waals surface area (Å²) in [5.41, 5.74) is 1.76. The molecule has 0 saturated carbocycles. The van der Waals surface area contributed by atoms with Crippen molar-refractivity contribution in [3.8, 4) is 0 Å². The van der Waals surface area contributed by atoms with E-state index >= 15 is 0 Å². The fourth-order valence-electron chi connectivity index (χ4n) is 1.67. The van der Waals surface area contributed by atoms with E-state index in [0.717, 1.165) is 5.56 Å². The van der Waals surface area contributed by atoms with Crippen LogP contribution in [0.5, 0.6) is 0 Å². The van der Waals surface area contributed by atoms with Gasteiger partial charge in [-0.05, 0) is 16.5 Å². The van der Waals surface area contributed by atoms with Crippen LogP contribution in [-0.2, 0) is 6.42 Å². The van der Waals surface area contributed by atoms with Gasteiger partial charge in [0.15, 0.2) is 0 Å². The zero-order chi connectivity index (χ0) is 12.3. The lowest BCUT2D eigenvalue weighted by molar-refractivity contribution is 0.0695. The molecule has 2 N–H and O–H groups in total. The van der Waals surface area contributed by atoms with Gasteiger partial charge in [0.1, 0.15) is 0 Å². The van der Waals surface area contributed by atoms with Crippen molar-refractivity contribution in [2.45, 2.75) is 12.5 Å². The molecule has 1 aromatic heterocycles. The number of aliphatic hydroxyl groups excluding tert-OH is 1. The minimum atomic E-state index is -0.943. The van der Waals surface area contributed by atoms with Crippen molar-refractivity contribution in [2.24, 2.45) is 0 Å². The molecule has 1 heterocycles. The molecule has 0 saturated heterocycles. The summed E-state index contributed by atoms with van der Waals surface area (Å²) in [6.07, 6.45) is -0.335. The van der Waals surface area contributed by atoms with Gasteiger partial charge in [0.25, 0.3) is 0 Å². The number of aliphatic hydroxyl groups is 1. The summed E-state index contributed by atoms with van der Waals surface area (Å²) < 4.78 is 0. The monoisotopic (exact) mass is 248 g/mol. The lowest BCUT2D eigenvalue weighted by atomic mass is 10.0. The van der Waals surface area contributed by atoms with E-state index in [-0.39, 0.29) is 5.56 Å². The van der Waals surface area contributed by atoms with Crippen LogP contribution in [0.1, 0.15) is 27.6 Å². The molecule has 0 amide bonds. The smallest absolute Gasteiger partial charge is 0.336 e. The van der Waals surface area contributed by atoms with Crippen molar-refractivity contribution in [1.82, 2.24) is 0 Å². The Balaban J connectivity index is 2.16. The van der Waals surface area contributed by atoms with Gasteiger partial charge in [-0.15, -0.1) is 0 Å². The molecule has 0 aliphatic rings. The van der Waals surface area contributed by atoms with Crippen LogP contribution in [0.25, 0.3) is 0 Å². The van der Waals surface area contributed by atoms with Gasteiger partial charge in [-0.3, -0.25) is 0 Å². The molecule has 1 atom stereocenters. The van der Waals surface area contributed by atoms with Crippen molar-refractivity contribution in [3.63, 3.8) is 0 Å². The topological polar surface area (TPSA) is 57.5 Å². The second-order valence-electron chi connectivity index (χ2n) is 3.75. The van der Waals surface area contributed by atoms with Gasteiger partial charge in [-0.1, -0.05) is 30.3 Å². The van der Waals surface area contributed by atoms with Crippen LogP contribution >= 0.6 is 11.3 Å². The first-order chi connectivity index (χ1) is 8.18. The molecule has 2 aromatic rings. The number of carboxylic acid groups (broad SMARTS) is 1. The van der Waals surface area contributed by atoms with Crippen molar-refractivity contribution < 1.29 is 15.0 Å². The summed E-state index contributed by atoms with van der Waals surface area (Å²) in [5, 5.41) is 22.3. The summed E-state index contributed by atoms with van der Waals surface area (Å²) in [4.78, 5) is 10.9. The Morgan fingerprint density at radius 2 is 1.94 bits per heavy atom. The minimum Gasteiger partial charge on any atom is -0.478 e. The first-order valence-corrected chi connectivity index (χ1v) is 6.14. The number of carboxylic acids is 1. The zero-order valence-corrected chi connectivity index (χ0v) is 9.85. The van der Waals surface area contributed by atoms with Crippen molar-refractivity contribution in [1.29, 1.82) is 0 Å². The van der Waals surface area contributed by atoms with E-state index in [1.54, 1.807) is 10.8 Å². The van der Waals surface area contributed by atoms with Gasteiger partial charge < -0.3 is 10.2 Å². The zero-order valence-electron chi connectivity index (χ0n) is 9.04. The largest absolute Gasteiger partial charge is 0.478 e. The lowest BCUT2D eigenvalue weighted by Crippen LogP contribution is -2.05. The van der Waals surface area contributed by atoms with Crippen LogP contribution in [0.15, 0.2) is 41.1 Å². The number of aromatic carboxylic acids is 1. The molecular formula is C13H12O3S. The molecule has 1 unspecified atom stereocenters. The minimum absolute atomic E-state index is 0.282. The second-order valence-corrected chi connectivity index (χ2v) is 4.49. The number of rotatable bonds is 4. The standard InChI is InChI=1S/C13H12O3S/c14-12(9-4-2-1-3-5-9)6-10-7-17-8-11(10)13(15)16/h1-5,7-8,12,14H,6H2,(H,15,16). The van der Waals surface area contributed by atoms with Crippen molar-refractivity contribution in [3.05, 3.63) is 57.8 Å². The highest BCUT2D eigenvalue weighted by atomic mass is 32.1. The average Bonchev–Trinajstić information content (AvgIpc) is 2.78. The quantitative estimate of drug-likeness (QED) is 0.874. The first-order valence-electron chi connectivity index (χ1n) is 5.20. The van der Waals surface area contributed by atoms with Crippen LogP contribution in [-0.4, -0.2) is 16.2 Å². The normalized spacial score (nSPS) is 12.3. The second kappa shape index (κ2) is 5.12. The summed E-state index contributed by atoms with van der Waals surface area (Å²) in [6, 6.07) is 9.24. The summed E-state index contributed by atoms with van der Waals surface area (Å²) in [5.74, 6) is -0.943. The van der Waals surface area contributed by atoms with E-state index in [4.69, 9.17) is 5.11 Å². The molecule has 0 aliphatic carbocycles. The van der Waals surface area contributed by atoms with E-state index in [9.17, 15) is 9.90 Å². The maximum atomic E-state index is 10.9. The SMILES string of the molecule is O=C(O)c1cscc1CC(O)c1ccccc1. The van der Waals surface area contributed by atoms with E-state index in [1.165, 1.54) is 11.3 Å². The Labute approximate surface area is 103 Å². The number of hydrogen-bond donors (Lipinski definition) is 2. The fraction of sp³-hybridized carbons (Fsp3) is 0.154. The molecule has 3 nitrogen and oxygen atoms in total. The Bertz CT molecular complexity index is 504. The highest BCUT2D eigenvalue weighted by molar-refractivity contribution is 7.08. The molecule has 88 valence electrons. The van der Waals surface area contributed by atoms with Gasteiger partial charge >= 0.3 is 5.97 Å². The molecule has 0 radical (unpaired) electrons. The molecule has 0 spiro atoms. The van der Waals surface area contributed by atoms with E-state index < -0.39 is 12.1 Å². The predicted octanol–water partition coefficient (Wildman–Crippen LogP) is 2.72. The third-order valence-corrected chi connectivity index (χ3v) is 3.36. The molecular weight excluding hydrogens is 236 g/mol. The van der Waals surface area contributed by atoms with E-state index in [2.05, 4.69) is 0 Å². The molecule has 2 rings (SSSR count). The summed E-state index contributed by atoms with van der Waals surface area (Å²) in [7, 11) is 0. The van der Waals surface area contributed by atoms with Crippen LogP contribution < -0.4 is 0 Å². The number of thiophene rings is 1. The summed E-state index contributed by atoms with van der Waals surface area (Å²) >= 11 is 1.34. The van der Waals surface area contributed by atoms with Crippen molar-refractivity contribution in [2.75, 3.05) is 0 Å². The molecule has 4 heteroatoms. The van der Waals surface area contributed by atoms with Crippen LogP contribution in [0.2, 0.25) is 0 Å². The van der Waals surface area contributed by atoms with Gasteiger partial charge in [0.2, 0.25) is 0 Å². The van der Waals surface area contributed by atoms with E-state index in [0.29, 0.717) is 12.0 Å². The third kappa shape index (κ3) is 2.72. The number of carbonyl (C=O) groups is 1.